The topological polar surface area (TPSA) is 20.2 Å². The third-order valence-electron chi connectivity index (χ3n) is 2.67. The van der Waals surface area contributed by atoms with Gasteiger partial charge in [-0.05, 0) is 37.1 Å². The van der Waals surface area contributed by atoms with Crippen molar-refractivity contribution in [3.8, 4) is 5.75 Å². The van der Waals surface area contributed by atoms with Crippen LogP contribution in [0.1, 0.15) is 16.7 Å². The van der Waals surface area contributed by atoms with Gasteiger partial charge >= 0.3 is 18.0 Å². The maximum absolute atomic E-state index is 13.7. The normalized spacial score (nSPS) is 13.7. The van der Waals surface area contributed by atoms with Gasteiger partial charge in [-0.15, -0.1) is 0 Å². The van der Waals surface area contributed by atoms with Gasteiger partial charge in [0.15, 0.2) is 0 Å². The second-order valence-corrected chi connectivity index (χ2v) is 4.11. The van der Waals surface area contributed by atoms with E-state index in [1.54, 1.807) is 0 Å². The zero-order valence-electron chi connectivity index (χ0n) is 9.75. The number of aromatic hydroxyl groups is 1. The molecule has 0 heterocycles. The molecule has 0 radical (unpaired) electrons. The molecule has 0 aliphatic heterocycles. The van der Waals surface area contributed by atoms with Gasteiger partial charge in [-0.3, -0.25) is 0 Å². The van der Waals surface area contributed by atoms with Crippen molar-refractivity contribution in [3.63, 3.8) is 0 Å². The Bertz CT molecular complexity index is 450. The summed E-state index contributed by atoms with van der Waals surface area (Å²) in [5.41, 5.74) is -7.61. The third kappa shape index (κ3) is 2.35. The molecule has 0 saturated heterocycles. The van der Waals surface area contributed by atoms with Gasteiger partial charge in [0.1, 0.15) is 5.75 Å². The van der Waals surface area contributed by atoms with Gasteiger partial charge in [0.2, 0.25) is 0 Å². The highest BCUT2D eigenvalue weighted by Gasteiger charge is 2.73. The summed E-state index contributed by atoms with van der Waals surface area (Å²) in [6.07, 6.45) is -12.3. The first-order valence-corrected chi connectivity index (χ1v) is 4.95. The van der Waals surface area contributed by atoms with Gasteiger partial charge in [-0.1, -0.05) is 0 Å². The first kappa shape index (κ1) is 15.6. The fourth-order valence-electron chi connectivity index (χ4n) is 1.64. The lowest BCUT2D eigenvalue weighted by atomic mass is 9.91. The summed E-state index contributed by atoms with van der Waals surface area (Å²) in [4.78, 5) is 0. The SMILES string of the molecule is Cc1cc(C(F)(C(F)(F)F)C(F)(F)F)cc(C)c1O. The Kier molecular flexibility index (Phi) is 3.51. The summed E-state index contributed by atoms with van der Waals surface area (Å²) >= 11 is 0. The van der Waals surface area contributed by atoms with Crippen LogP contribution in [0.25, 0.3) is 0 Å². The molecule has 0 bridgehead atoms. The lowest BCUT2D eigenvalue weighted by molar-refractivity contribution is -0.348. The minimum Gasteiger partial charge on any atom is -0.507 e. The summed E-state index contributed by atoms with van der Waals surface area (Å²) in [6.45, 7) is 2.16. The molecule has 0 fully saturated rings. The van der Waals surface area contributed by atoms with Crippen molar-refractivity contribution in [2.75, 3.05) is 0 Å². The number of hydrogen-bond acceptors (Lipinski definition) is 1. The molecule has 8 heteroatoms. The van der Waals surface area contributed by atoms with E-state index in [0.717, 1.165) is 13.8 Å². The van der Waals surface area contributed by atoms with E-state index in [1.807, 2.05) is 0 Å². The molecule has 0 aromatic heterocycles. The monoisotopic (exact) mass is 290 g/mol. The fourth-order valence-corrected chi connectivity index (χ4v) is 1.64. The van der Waals surface area contributed by atoms with Crippen LogP contribution in [0.2, 0.25) is 0 Å². The maximum atomic E-state index is 13.7. The van der Waals surface area contributed by atoms with Crippen LogP contribution in [0.3, 0.4) is 0 Å². The summed E-state index contributed by atoms with van der Waals surface area (Å²) in [7, 11) is 0. The summed E-state index contributed by atoms with van der Waals surface area (Å²) in [5, 5.41) is 9.32. The number of phenols is 1. The molecule has 1 N–H and O–H groups in total. The highest BCUT2D eigenvalue weighted by Crippen LogP contribution is 2.53. The van der Waals surface area contributed by atoms with Crippen molar-refractivity contribution in [3.05, 3.63) is 28.8 Å². The molecule has 108 valence electrons. The zero-order valence-corrected chi connectivity index (χ0v) is 9.75. The molecule has 0 aliphatic carbocycles. The zero-order chi connectivity index (χ0) is 15.2. The molecule has 19 heavy (non-hydrogen) atoms. The average molecular weight is 290 g/mol. The van der Waals surface area contributed by atoms with Crippen molar-refractivity contribution in [2.24, 2.45) is 0 Å². The Balaban J connectivity index is 3.62. The highest BCUT2D eigenvalue weighted by atomic mass is 19.4. The number of hydrogen-bond donors (Lipinski definition) is 1. The highest BCUT2D eigenvalue weighted by molar-refractivity contribution is 5.45. The van der Waals surface area contributed by atoms with Gasteiger partial charge < -0.3 is 5.11 Å². The Morgan fingerprint density at radius 2 is 1.11 bits per heavy atom. The third-order valence-corrected chi connectivity index (χ3v) is 2.67. The quantitative estimate of drug-likeness (QED) is 0.765. The van der Waals surface area contributed by atoms with E-state index < -0.39 is 29.3 Å². The van der Waals surface area contributed by atoms with Crippen LogP contribution in [0.15, 0.2) is 12.1 Å². The van der Waals surface area contributed by atoms with Gasteiger partial charge in [0.05, 0.1) is 0 Å². The van der Waals surface area contributed by atoms with Crippen LogP contribution in [0.4, 0.5) is 30.7 Å². The fraction of sp³-hybridized carbons (Fsp3) is 0.455. The van der Waals surface area contributed by atoms with Gasteiger partial charge in [0.25, 0.3) is 0 Å². The summed E-state index contributed by atoms with van der Waals surface area (Å²) in [6, 6.07) is 0.673. The standard InChI is InChI=1S/C11H9F7O/c1-5-3-7(4-6(2)8(5)19)9(12,10(13,14)15)11(16,17)18/h3-4,19H,1-2H3. The van der Waals surface area contributed by atoms with Crippen molar-refractivity contribution in [1.29, 1.82) is 0 Å². The predicted molar refractivity (Wildman–Crippen MR) is 52.5 cm³/mol. The lowest BCUT2D eigenvalue weighted by Gasteiger charge is -2.30. The minimum absolute atomic E-state index is 0.273. The Hall–Kier alpha value is -1.47. The van der Waals surface area contributed by atoms with Gasteiger partial charge in [-0.2, -0.15) is 26.3 Å². The molecule has 0 unspecified atom stereocenters. The van der Waals surface area contributed by atoms with E-state index in [4.69, 9.17) is 0 Å². The lowest BCUT2D eigenvalue weighted by Crippen LogP contribution is -2.50. The van der Waals surface area contributed by atoms with Crippen LogP contribution >= 0.6 is 0 Å². The predicted octanol–water partition coefficient (Wildman–Crippen LogP) is 4.30. The van der Waals surface area contributed by atoms with E-state index in [2.05, 4.69) is 0 Å². The van der Waals surface area contributed by atoms with E-state index >= 15 is 0 Å². The Morgan fingerprint density at radius 1 is 0.789 bits per heavy atom. The molecule has 1 nitrogen and oxygen atoms in total. The van der Waals surface area contributed by atoms with Gasteiger partial charge in [0, 0.05) is 5.56 Å². The van der Waals surface area contributed by atoms with Crippen LogP contribution in [0.5, 0.6) is 5.75 Å². The van der Waals surface area contributed by atoms with Crippen LogP contribution in [-0.4, -0.2) is 17.5 Å². The van der Waals surface area contributed by atoms with Gasteiger partial charge in [-0.25, -0.2) is 4.39 Å². The second kappa shape index (κ2) is 4.28. The Morgan fingerprint density at radius 3 is 1.37 bits per heavy atom. The molecule has 1 aromatic rings. The smallest absolute Gasteiger partial charge is 0.435 e. The Labute approximate surface area is 103 Å². The molecule has 0 spiro atoms. The largest absolute Gasteiger partial charge is 0.507 e. The van der Waals surface area contributed by atoms with Crippen LogP contribution in [-0.2, 0) is 5.67 Å². The number of alkyl halides is 7. The number of aryl methyl sites for hydroxylation is 2. The molecule has 1 rings (SSSR count). The maximum Gasteiger partial charge on any atom is 0.435 e. The van der Waals surface area contributed by atoms with Crippen molar-refractivity contribution in [2.45, 2.75) is 31.9 Å². The molecular formula is C11H9F7O. The van der Waals surface area contributed by atoms with Crippen LogP contribution in [0, 0.1) is 13.8 Å². The van der Waals surface area contributed by atoms with E-state index in [0.29, 0.717) is 12.1 Å². The number of phenolic OH excluding ortho intramolecular Hbond substituents is 1. The number of rotatable bonds is 1. The van der Waals surface area contributed by atoms with E-state index in [-0.39, 0.29) is 11.1 Å². The summed E-state index contributed by atoms with van der Waals surface area (Å²) in [5.74, 6) is -0.476. The van der Waals surface area contributed by atoms with Crippen molar-refractivity contribution in [1.82, 2.24) is 0 Å². The number of benzene rings is 1. The van der Waals surface area contributed by atoms with E-state index in [9.17, 15) is 35.8 Å². The summed E-state index contributed by atoms with van der Waals surface area (Å²) < 4.78 is 88.7. The molecule has 0 saturated carbocycles. The minimum atomic E-state index is -6.15. The molecular weight excluding hydrogens is 281 g/mol. The molecule has 0 atom stereocenters. The molecule has 0 amide bonds. The average Bonchev–Trinajstić information content (AvgIpc) is 2.20. The van der Waals surface area contributed by atoms with Crippen molar-refractivity contribution < 1.29 is 35.8 Å². The van der Waals surface area contributed by atoms with E-state index in [1.165, 1.54) is 0 Å². The van der Waals surface area contributed by atoms with Crippen LogP contribution < -0.4 is 0 Å². The first-order valence-electron chi connectivity index (χ1n) is 4.95. The second-order valence-electron chi connectivity index (χ2n) is 4.11. The molecule has 0 aliphatic rings. The molecule has 1 aromatic carbocycles. The number of halogens is 7. The van der Waals surface area contributed by atoms with Crippen molar-refractivity contribution >= 4 is 0 Å². The first-order chi connectivity index (χ1) is 8.32.